The molecule has 0 saturated carbocycles. The standard InChI is InChI=1S/C14H16O3/c1-8-5-13(16)17-12-7-11(15)10(6-9(8)12)14(2,3)4/h5-7,15H,1-4H3. The fourth-order valence-corrected chi connectivity index (χ4v) is 1.95. The minimum atomic E-state index is -0.391. The van der Waals surface area contributed by atoms with E-state index in [-0.39, 0.29) is 11.2 Å². The van der Waals surface area contributed by atoms with Gasteiger partial charge in [0.05, 0.1) is 0 Å². The molecular weight excluding hydrogens is 216 g/mol. The highest BCUT2D eigenvalue weighted by atomic mass is 16.4. The molecule has 90 valence electrons. The number of rotatable bonds is 0. The summed E-state index contributed by atoms with van der Waals surface area (Å²) in [5.41, 5.74) is 1.60. The van der Waals surface area contributed by atoms with E-state index >= 15 is 0 Å². The summed E-state index contributed by atoms with van der Waals surface area (Å²) in [6.45, 7) is 7.95. The largest absolute Gasteiger partial charge is 0.508 e. The molecule has 0 spiro atoms. The molecule has 0 unspecified atom stereocenters. The quantitative estimate of drug-likeness (QED) is 0.710. The van der Waals surface area contributed by atoms with Crippen LogP contribution < -0.4 is 5.63 Å². The minimum Gasteiger partial charge on any atom is -0.508 e. The van der Waals surface area contributed by atoms with Crippen molar-refractivity contribution in [3.8, 4) is 5.75 Å². The van der Waals surface area contributed by atoms with Crippen molar-refractivity contribution in [1.82, 2.24) is 0 Å². The van der Waals surface area contributed by atoms with E-state index in [0.717, 1.165) is 16.5 Å². The van der Waals surface area contributed by atoms with E-state index in [1.54, 1.807) is 0 Å². The zero-order valence-electron chi connectivity index (χ0n) is 10.5. The van der Waals surface area contributed by atoms with E-state index in [0.29, 0.717) is 5.58 Å². The number of phenols is 1. The molecule has 0 saturated heterocycles. The second-order valence-corrected chi connectivity index (χ2v) is 5.36. The maximum Gasteiger partial charge on any atom is 0.336 e. The minimum absolute atomic E-state index is 0.152. The highest BCUT2D eigenvalue weighted by Crippen LogP contribution is 2.34. The van der Waals surface area contributed by atoms with E-state index in [1.165, 1.54) is 12.1 Å². The molecule has 2 aromatic rings. The van der Waals surface area contributed by atoms with Gasteiger partial charge in [-0.3, -0.25) is 0 Å². The third kappa shape index (κ3) is 2.05. The second kappa shape index (κ2) is 3.62. The van der Waals surface area contributed by atoms with E-state index in [2.05, 4.69) is 0 Å². The summed E-state index contributed by atoms with van der Waals surface area (Å²) in [5, 5.41) is 10.8. The van der Waals surface area contributed by atoms with Crippen LogP contribution in [0.1, 0.15) is 31.9 Å². The summed E-state index contributed by atoms with van der Waals surface area (Å²) in [7, 11) is 0. The van der Waals surface area contributed by atoms with Crippen molar-refractivity contribution in [3.05, 3.63) is 39.7 Å². The second-order valence-electron chi connectivity index (χ2n) is 5.36. The lowest BCUT2D eigenvalue weighted by Gasteiger charge is -2.21. The van der Waals surface area contributed by atoms with Crippen LogP contribution in [0.5, 0.6) is 5.75 Å². The van der Waals surface area contributed by atoms with E-state index in [1.807, 2.05) is 33.8 Å². The first-order valence-electron chi connectivity index (χ1n) is 5.57. The molecule has 1 aromatic heterocycles. The Morgan fingerprint density at radius 3 is 2.41 bits per heavy atom. The number of fused-ring (bicyclic) bond motifs is 1. The molecule has 1 N–H and O–H groups in total. The molecule has 3 heteroatoms. The first kappa shape index (κ1) is 11.7. The van der Waals surface area contributed by atoms with Crippen LogP contribution in [-0.4, -0.2) is 5.11 Å². The fourth-order valence-electron chi connectivity index (χ4n) is 1.95. The molecule has 1 aromatic carbocycles. The van der Waals surface area contributed by atoms with Crippen molar-refractivity contribution < 1.29 is 9.52 Å². The Balaban J connectivity index is 2.86. The number of aryl methyl sites for hydroxylation is 1. The lowest BCUT2D eigenvalue weighted by Crippen LogP contribution is -2.11. The Bertz CT molecular complexity index is 630. The predicted molar refractivity (Wildman–Crippen MR) is 67.6 cm³/mol. The van der Waals surface area contributed by atoms with Crippen LogP contribution in [0.15, 0.2) is 27.4 Å². The fraction of sp³-hybridized carbons (Fsp3) is 0.357. The van der Waals surface area contributed by atoms with Crippen molar-refractivity contribution in [1.29, 1.82) is 0 Å². The molecule has 0 atom stereocenters. The van der Waals surface area contributed by atoms with Crippen molar-refractivity contribution in [2.75, 3.05) is 0 Å². The van der Waals surface area contributed by atoms with Crippen LogP contribution in [0.4, 0.5) is 0 Å². The Morgan fingerprint density at radius 2 is 1.82 bits per heavy atom. The number of hydrogen-bond acceptors (Lipinski definition) is 3. The van der Waals surface area contributed by atoms with Gasteiger partial charge in [-0.05, 0) is 24.0 Å². The molecule has 0 fully saturated rings. The number of phenolic OH excluding ortho intramolecular Hbond substituents is 1. The predicted octanol–water partition coefficient (Wildman–Crippen LogP) is 3.10. The van der Waals surface area contributed by atoms with Crippen LogP contribution in [0.2, 0.25) is 0 Å². The van der Waals surface area contributed by atoms with Crippen LogP contribution in [0.25, 0.3) is 11.0 Å². The van der Waals surface area contributed by atoms with Crippen LogP contribution in [0.3, 0.4) is 0 Å². The molecule has 0 aliphatic carbocycles. The third-order valence-electron chi connectivity index (χ3n) is 2.88. The summed E-state index contributed by atoms with van der Waals surface area (Å²) in [4.78, 5) is 11.2. The van der Waals surface area contributed by atoms with Gasteiger partial charge in [-0.1, -0.05) is 20.8 Å². The average Bonchev–Trinajstić information content (AvgIpc) is 2.13. The average molecular weight is 232 g/mol. The van der Waals surface area contributed by atoms with Crippen molar-refractivity contribution in [3.63, 3.8) is 0 Å². The third-order valence-corrected chi connectivity index (χ3v) is 2.88. The van der Waals surface area contributed by atoms with Crippen LogP contribution in [0, 0.1) is 6.92 Å². The number of hydrogen-bond donors (Lipinski definition) is 1. The molecule has 17 heavy (non-hydrogen) atoms. The summed E-state index contributed by atoms with van der Waals surface area (Å²) in [6, 6.07) is 4.87. The molecular formula is C14H16O3. The number of aromatic hydroxyl groups is 1. The van der Waals surface area contributed by atoms with Gasteiger partial charge in [0.25, 0.3) is 0 Å². The lowest BCUT2D eigenvalue weighted by molar-refractivity contribution is 0.445. The summed E-state index contributed by atoms with van der Waals surface area (Å²) < 4.78 is 5.08. The molecule has 0 amide bonds. The van der Waals surface area contributed by atoms with E-state index < -0.39 is 5.63 Å². The van der Waals surface area contributed by atoms with Crippen LogP contribution >= 0.6 is 0 Å². The molecule has 0 aliphatic heterocycles. The first-order chi connectivity index (χ1) is 7.79. The van der Waals surface area contributed by atoms with E-state index in [9.17, 15) is 9.90 Å². The Morgan fingerprint density at radius 1 is 1.18 bits per heavy atom. The molecule has 1 heterocycles. The van der Waals surface area contributed by atoms with Crippen molar-refractivity contribution in [2.24, 2.45) is 0 Å². The Kier molecular flexibility index (Phi) is 2.49. The molecule has 0 bridgehead atoms. The van der Waals surface area contributed by atoms with Gasteiger partial charge in [-0.25, -0.2) is 4.79 Å². The normalized spacial score (nSPS) is 12.0. The summed E-state index contributed by atoms with van der Waals surface area (Å²) in [5.74, 6) is 0.166. The monoisotopic (exact) mass is 232 g/mol. The van der Waals surface area contributed by atoms with Crippen LogP contribution in [-0.2, 0) is 5.41 Å². The van der Waals surface area contributed by atoms with Gasteiger partial charge >= 0.3 is 5.63 Å². The first-order valence-corrected chi connectivity index (χ1v) is 5.57. The van der Waals surface area contributed by atoms with Crippen molar-refractivity contribution >= 4 is 11.0 Å². The smallest absolute Gasteiger partial charge is 0.336 e. The maximum atomic E-state index is 11.2. The lowest BCUT2D eigenvalue weighted by atomic mass is 9.85. The number of benzene rings is 1. The highest BCUT2D eigenvalue weighted by molar-refractivity contribution is 5.82. The van der Waals surface area contributed by atoms with Gasteiger partial charge in [-0.2, -0.15) is 0 Å². The van der Waals surface area contributed by atoms with Gasteiger partial charge < -0.3 is 9.52 Å². The zero-order chi connectivity index (χ0) is 12.8. The van der Waals surface area contributed by atoms with Gasteiger partial charge in [0.2, 0.25) is 0 Å². The molecule has 0 aliphatic rings. The summed E-state index contributed by atoms with van der Waals surface area (Å²) in [6.07, 6.45) is 0. The SMILES string of the molecule is Cc1cc(=O)oc2cc(O)c(C(C)(C)C)cc12. The highest BCUT2D eigenvalue weighted by Gasteiger charge is 2.19. The molecule has 2 rings (SSSR count). The van der Waals surface area contributed by atoms with Gasteiger partial charge in [0, 0.05) is 23.1 Å². The zero-order valence-corrected chi connectivity index (χ0v) is 10.5. The Hall–Kier alpha value is -1.77. The Labute approximate surface area is 99.7 Å². The molecule has 0 radical (unpaired) electrons. The van der Waals surface area contributed by atoms with Gasteiger partial charge in [-0.15, -0.1) is 0 Å². The maximum absolute atomic E-state index is 11.2. The van der Waals surface area contributed by atoms with Crippen molar-refractivity contribution in [2.45, 2.75) is 33.1 Å². The topological polar surface area (TPSA) is 50.4 Å². The van der Waals surface area contributed by atoms with Gasteiger partial charge in [0.15, 0.2) is 0 Å². The summed E-state index contributed by atoms with van der Waals surface area (Å²) >= 11 is 0. The van der Waals surface area contributed by atoms with E-state index in [4.69, 9.17) is 4.42 Å². The van der Waals surface area contributed by atoms with Gasteiger partial charge in [0.1, 0.15) is 11.3 Å². The molecule has 3 nitrogen and oxygen atoms in total.